The van der Waals surface area contributed by atoms with Crippen molar-refractivity contribution in [2.24, 2.45) is 5.41 Å². The normalized spacial score (nSPS) is 18.2. The Kier molecular flexibility index (Phi) is 3.59. The van der Waals surface area contributed by atoms with E-state index in [1.807, 2.05) is 51.1 Å². The van der Waals surface area contributed by atoms with Gasteiger partial charge >= 0.3 is 0 Å². The van der Waals surface area contributed by atoms with Crippen LogP contribution < -0.4 is 9.61 Å². The summed E-state index contributed by atoms with van der Waals surface area (Å²) in [5.74, 6) is 0.786. The number of fused-ring (bicyclic) bond motifs is 3. The Labute approximate surface area is 183 Å². The third-order valence-corrected chi connectivity index (χ3v) is 7.68. The molecule has 2 heterocycles. The number of aromatic nitrogens is 1. The number of benzene rings is 2. The van der Waals surface area contributed by atoms with Crippen molar-refractivity contribution in [2.45, 2.75) is 53.5 Å². The van der Waals surface area contributed by atoms with E-state index in [1.165, 1.54) is 16.9 Å². The Morgan fingerprint density at radius 1 is 1.07 bits per heavy atom. The van der Waals surface area contributed by atoms with E-state index >= 15 is 0 Å². The first-order valence-electron chi connectivity index (χ1n) is 12.5. The van der Waals surface area contributed by atoms with Crippen LogP contribution >= 0.6 is 0 Å². The third kappa shape index (κ3) is 4.02. The Morgan fingerprint density at radius 3 is 2.62 bits per heavy atom. The van der Waals surface area contributed by atoms with E-state index in [4.69, 9.17) is 11.3 Å². The molecule has 2 nitrogen and oxygen atoms in total. The monoisotopic (exact) mass is 406 g/mol. The molecule has 3 heteroatoms. The SMILES string of the molecule is [2H]C([2H])([2H])c1cnc(-c2ccc3c(c2)O[Si](C)(C)c2ccccc2-3)cc1C([2H])([2H])CC(C)(C)C. The molecule has 1 aliphatic heterocycles. The highest BCUT2D eigenvalue weighted by Crippen LogP contribution is 2.39. The first-order valence-corrected chi connectivity index (χ1v) is 12.9. The fourth-order valence-corrected chi connectivity index (χ4v) is 5.87. The van der Waals surface area contributed by atoms with Crippen molar-refractivity contribution in [3.63, 3.8) is 0 Å². The molecule has 2 aromatic carbocycles. The molecule has 1 aliphatic rings. The van der Waals surface area contributed by atoms with E-state index in [1.54, 1.807) is 6.07 Å². The Bertz CT molecular complexity index is 1240. The fourth-order valence-electron chi connectivity index (χ4n) is 3.68. The second kappa shape index (κ2) is 7.14. The number of pyridine rings is 1. The van der Waals surface area contributed by atoms with Crippen molar-refractivity contribution in [1.82, 2.24) is 4.98 Å². The van der Waals surface area contributed by atoms with Gasteiger partial charge in [-0.15, -0.1) is 0 Å². The predicted octanol–water partition coefficient (Wildman–Crippen LogP) is 6.51. The zero-order valence-electron chi connectivity index (χ0n) is 22.8. The first-order chi connectivity index (χ1) is 15.6. The van der Waals surface area contributed by atoms with Gasteiger partial charge in [-0.1, -0.05) is 57.2 Å². The summed E-state index contributed by atoms with van der Waals surface area (Å²) in [7, 11) is -2.14. The summed E-state index contributed by atoms with van der Waals surface area (Å²) in [6.45, 7) is 7.74. The van der Waals surface area contributed by atoms with Crippen LogP contribution in [0.25, 0.3) is 22.4 Å². The smallest absolute Gasteiger partial charge is 0.277 e. The molecule has 29 heavy (non-hydrogen) atoms. The molecular formula is C26H31NOSi. The average molecular weight is 407 g/mol. The highest BCUT2D eigenvalue weighted by atomic mass is 28.4. The molecular weight excluding hydrogens is 370 g/mol. The highest BCUT2D eigenvalue weighted by molar-refractivity contribution is 6.86. The minimum absolute atomic E-state index is 0.0396. The van der Waals surface area contributed by atoms with E-state index in [0.29, 0.717) is 5.69 Å². The maximum Gasteiger partial charge on any atom is 0.277 e. The molecule has 4 rings (SSSR count). The Morgan fingerprint density at radius 2 is 1.86 bits per heavy atom. The largest absolute Gasteiger partial charge is 0.539 e. The van der Waals surface area contributed by atoms with Crippen LogP contribution in [0, 0.1) is 12.3 Å². The van der Waals surface area contributed by atoms with Crippen molar-refractivity contribution in [3.8, 4) is 28.1 Å². The summed E-state index contributed by atoms with van der Waals surface area (Å²) in [5, 5.41) is 1.26. The first kappa shape index (κ1) is 14.6. The van der Waals surface area contributed by atoms with E-state index in [0.717, 1.165) is 16.9 Å². The molecule has 1 aromatic heterocycles. The highest BCUT2D eigenvalue weighted by Gasteiger charge is 2.35. The lowest BCUT2D eigenvalue weighted by molar-refractivity contribution is 0.378. The van der Waals surface area contributed by atoms with Gasteiger partial charge in [-0.3, -0.25) is 4.98 Å². The van der Waals surface area contributed by atoms with Gasteiger partial charge in [0.25, 0.3) is 8.32 Å². The molecule has 0 fully saturated rings. The second-order valence-corrected chi connectivity index (χ2v) is 13.2. The van der Waals surface area contributed by atoms with Crippen LogP contribution in [0.4, 0.5) is 0 Å². The van der Waals surface area contributed by atoms with Gasteiger partial charge in [0.2, 0.25) is 0 Å². The Hall–Kier alpha value is -2.39. The number of rotatable bonds is 3. The van der Waals surface area contributed by atoms with E-state index in [2.05, 4.69) is 30.2 Å². The summed E-state index contributed by atoms with van der Waals surface area (Å²) in [6, 6.07) is 15.8. The van der Waals surface area contributed by atoms with Gasteiger partial charge in [-0.25, -0.2) is 0 Å². The van der Waals surface area contributed by atoms with Gasteiger partial charge < -0.3 is 4.43 Å². The number of aryl methyl sites for hydroxylation is 2. The van der Waals surface area contributed by atoms with Crippen LogP contribution in [0.5, 0.6) is 5.75 Å². The van der Waals surface area contributed by atoms with Crippen LogP contribution in [0.1, 0.15) is 45.2 Å². The van der Waals surface area contributed by atoms with Crippen LogP contribution in [0.15, 0.2) is 54.7 Å². The number of hydrogen-bond donors (Lipinski definition) is 0. The zero-order valence-corrected chi connectivity index (χ0v) is 18.8. The van der Waals surface area contributed by atoms with E-state index < -0.39 is 21.5 Å². The summed E-state index contributed by atoms with van der Waals surface area (Å²) >= 11 is 0. The standard InChI is InChI=1S/C26H31NOSi/c1-18-17-27-23(15-19(18)13-14-26(2,3)4)20-11-12-21-22-9-7-8-10-25(22)29(5,6)28-24(21)16-20/h7-12,15-17H,13-14H2,1-6H3/i1D3,13D2. The molecule has 0 saturated heterocycles. The fraction of sp³-hybridized carbons (Fsp3) is 0.346. The van der Waals surface area contributed by atoms with Gasteiger partial charge in [0.05, 0.1) is 5.69 Å². The third-order valence-electron chi connectivity index (χ3n) is 5.22. The van der Waals surface area contributed by atoms with Gasteiger partial charge in [-0.2, -0.15) is 0 Å². The van der Waals surface area contributed by atoms with Gasteiger partial charge in [0, 0.05) is 24.2 Å². The molecule has 0 amide bonds. The summed E-state index contributed by atoms with van der Waals surface area (Å²) in [4.78, 5) is 4.44. The number of nitrogens with zero attached hydrogens (tertiary/aromatic N) is 1. The lowest BCUT2D eigenvalue weighted by Gasteiger charge is -2.33. The van der Waals surface area contributed by atoms with Gasteiger partial charge in [0.1, 0.15) is 5.75 Å². The molecule has 0 radical (unpaired) electrons. The molecule has 0 spiro atoms. The lowest BCUT2D eigenvalue weighted by Crippen LogP contribution is -2.50. The quantitative estimate of drug-likeness (QED) is 0.463. The van der Waals surface area contributed by atoms with Crippen LogP contribution in [0.3, 0.4) is 0 Å². The predicted molar refractivity (Wildman–Crippen MR) is 125 cm³/mol. The van der Waals surface area contributed by atoms with Gasteiger partial charge in [0.15, 0.2) is 0 Å². The topological polar surface area (TPSA) is 22.1 Å². The average Bonchev–Trinajstić information content (AvgIpc) is 2.70. The van der Waals surface area contributed by atoms with Crippen molar-refractivity contribution in [1.29, 1.82) is 0 Å². The van der Waals surface area contributed by atoms with Crippen molar-refractivity contribution in [2.75, 3.05) is 0 Å². The summed E-state index contributed by atoms with van der Waals surface area (Å²) in [5.41, 5.74) is 3.32. The molecule has 0 atom stereocenters. The van der Waals surface area contributed by atoms with E-state index in [9.17, 15) is 0 Å². The van der Waals surface area contributed by atoms with Crippen LogP contribution in [-0.2, 0) is 6.37 Å². The zero-order chi connectivity index (χ0) is 25.1. The second-order valence-electron chi connectivity index (χ2n) is 9.40. The molecule has 0 unspecified atom stereocenters. The number of hydrogen-bond acceptors (Lipinski definition) is 2. The lowest BCUT2D eigenvalue weighted by atomic mass is 9.87. The molecule has 0 bridgehead atoms. The van der Waals surface area contributed by atoms with Crippen molar-refractivity contribution >= 4 is 13.5 Å². The van der Waals surface area contributed by atoms with Crippen molar-refractivity contribution in [3.05, 3.63) is 65.9 Å². The minimum Gasteiger partial charge on any atom is -0.539 e. The molecule has 150 valence electrons. The van der Waals surface area contributed by atoms with E-state index in [-0.39, 0.29) is 23.0 Å². The molecule has 0 saturated carbocycles. The maximum absolute atomic E-state index is 8.76. The van der Waals surface area contributed by atoms with Crippen molar-refractivity contribution < 1.29 is 11.3 Å². The molecule has 0 N–H and O–H groups in total. The van der Waals surface area contributed by atoms with Gasteiger partial charge in [-0.05, 0) is 72.2 Å². The maximum atomic E-state index is 8.76. The summed E-state index contributed by atoms with van der Waals surface area (Å²) < 4.78 is 47.9. The summed E-state index contributed by atoms with van der Waals surface area (Å²) in [6.07, 6.45) is -0.318. The van der Waals surface area contributed by atoms with Crippen LogP contribution in [0.2, 0.25) is 13.1 Å². The van der Waals surface area contributed by atoms with Crippen LogP contribution in [-0.4, -0.2) is 13.3 Å². The molecule has 0 aliphatic carbocycles. The molecule has 3 aromatic rings. The minimum atomic E-state index is -2.45. The Balaban J connectivity index is 1.84.